The number of hydroxylamine groups is 1. The van der Waals surface area contributed by atoms with Crippen LogP contribution in [0.5, 0.6) is 0 Å². The van der Waals surface area contributed by atoms with Crippen molar-refractivity contribution in [2.45, 2.75) is 13.0 Å². The third-order valence-electron chi connectivity index (χ3n) is 3.81. The van der Waals surface area contributed by atoms with Gasteiger partial charge in [-0.05, 0) is 37.0 Å². The Bertz CT molecular complexity index is 1160. The van der Waals surface area contributed by atoms with Crippen LogP contribution >= 0.6 is 0 Å². The van der Waals surface area contributed by atoms with Crippen molar-refractivity contribution in [3.05, 3.63) is 59.9 Å². The Labute approximate surface area is 160 Å². The summed E-state index contributed by atoms with van der Waals surface area (Å²) in [5.41, 5.74) is 4.27. The van der Waals surface area contributed by atoms with Crippen molar-refractivity contribution in [1.82, 2.24) is 10.5 Å². The van der Waals surface area contributed by atoms with Gasteiger partial charge in [-0.2, -0.15) is 0 Å². The summed E-state index contributed by atoms with van der Waals surface area (Å²) in [5.74, 6) is 9.93. The molecule has 28 heavy (non-hydrogen) atoms. The summed E-state index contributed by atoms with van der Waals surface area (Å²) in [6, 6.07) is 10.3. The van der Waals surface area contributed by atoms with E-state index in [9.17, 15) is 10.0 Å². The molecule has 0 bridgehead atoms. The van der Waals surface area contributed by atoms with E-state index in [1.54, 1.807) is 42.7 Å². The number of amides is 1. The van der Waals surface area contributed by atoms with Gasteiger partial charge in [-0.3, -0.25) is 15.2 Å². The predicted octanol–water partition coefficient (Wildman–Crippen LogP) is 1.28. The van der Waals surface area contributed by atoms with Gasteiger partial charge in [-0.15, -0.1) is 0 Å². The first kappa shape index (κ1) is 18.9. The molecule has 2 heterocycles. The van der Waals surface area contributed by atoms with Crippen LogP contribution in [0.25, 0.3) is 22.2 Å². The first-order valence-corrected chi connectivity index (χ1v) is 8.27. The molecule has 1 unspecified atom stereocenters. The molecule has 1 amide bonds. The van der Waals surface area contributed by atoms with Crippen molar-refractivity contribution in [1.29, 1.82) is 0 Å². The number of pyridine rings is 2. The maximum Gasteiger partial charge on any atom is 0.275 e. The number of carbonyl (C=O) groups excluding carboxylic acids is 1. The highest BCUT2D eigenvalue weighted by atomic mass is 16.5. The number of fused-ring (bicyclic) bond motifs is 1. The van der Waals surface area contributed by atoms with Crippen LogP contribution in [0.1, 0.15) is 22.8 Å². The molecule has 0 fully saturated rings. The van der Waals surface area contributed by atoms with Crippen molar-refractivity contribution in [2.24, 2.45) is 0 Å². The van der Waals surface area contributed by atoms with Gasteiger partial charge in [-0.25, -0.2) is 10.5 Å². The van der Waals surface area contributed by atoms with Crippen LogP contribution in [-0.4, -0.2) is 32.5 Å². The quantitative estimate of drug-likeness (QED) is 0.178. The second-order valence-electron chi connectivity index (χ2n) is 5.89. The van der Waals surface area contributed by atoms with E-state index in [1.807, 2.05) is 0 Å². The third kappa shape index (κ3) is 4.25. The second kappa shape index (κ2) is 8.19. The van der Waals surface area contributed by atoms with E-state index in [0.29, 0.717) is 16.6 Å². The lowest BCUT2D eigenvalue weighted by Gasteiger charge is -2.07. The molecule has 138 valence electrons. The van der Waals surface area contributed by atoms with Gasteiger partial charge in [0.15, 0.2) is 0 Å². The lowest BCUT2D eigenvalue weighted by Crippen LogP contribution is -2.29. The highest BCUT2D eigenvalue weighted by molar-refractivity contribution is 6.06. The van der Waals surface area contributed by atoms with Crippen molar-refractivity contribution in [2.75, 3.05) is 0 Å². The maximum absolute atomic E-state index is 12.0. The molecule has 0 radical (unpaired) electrons. The number of aromatic nitrogens is 2. The Balaban J connectivity index is 2.01. The number of benzene rings is 1. The normalized spacial score (nSPS) is 11.0. The number of aliphatic hydroxyl groups excluding tert-OH is 1. The summed E-state index contributed by atoms with van der Waals surface area (Å²) in [5, 5.41) is 28.1. The Morgan fingerprint density at radius 3 is 2.64 bits per heavy atom. The van der Waals surface area contributed by atoms with Crippen molar-refractivity contribution < 1.29 is 25.0 Å². The fraction of sp³-hybridized carbons (Fsp3) is 0.0952. The summed E-state index contributed by atoms with van der Waals surface area (Å²) in [4.78, 5) is 16.6. The number of nitrogens with zero attached hydrogens (tertiary/aromatic N) is 2. The summed E-state index contributed by atoms with van der Waals surface area (Å²) in [6.45, 7) is 1.56. The van der Waals surface area contributed by atoms with Crippen molar-refractivity contribution in [3.8, 4) is 34.9 Å². The van der Waals surface area contributed by atoms with Crippen LogP contribution < -0.4 is 10.2 Å². The molecular weight excluding hydrogens is 358 g/mol. The van der Waals surface area contributed by atoms with Crippen LogP contribution in [0.2, 0.25) is 0 Å². The van der Waals surface area contributed by atoms with E-state index < -0.39 is 12.0 Å². The number of rotatable bonds is 2. The molecule has 7 nitrogen and oxygen atoms in total. The Morgan fingerprint density at radius 2 is 1.96 bits per heavy atom. The zero-order valence-electron chi connectivity index (χ0n) is 14.8. The first-order chi connectivity index (χ1) is 13.5. The number of hydrogen-bond acceptors (Lipinski definition) is 5. The topological polar surface area (TPSA) is 107 Å². The van der Waals surface area contributed by atoms with Crippen LogP contribution in [0.3, 0.4) is 0 Å². The molecule has 0 aliphatic carbocycles. The van der Waals surface area contributed by atoms with Gasteiger partial charge >= 0.3 is 0 Å². The van der Waals surface area contributed by atoms with E-state index in [4.69, 9.17) is 10.3 Å². The Kier molecular flexibility index (Phi) is 5.52. The smallest absolute Gasteiger partial charge is 0.275 e. The molecule has 0 saturated heterocycles. The molecule has 3 aromatic rings. The average Bonchev–Trinajstić information content (AvgIpc) is 2.70. The second-order valence-corrected chi connectivity index (χ2v) is 5.89. The van der Waals surface area contributed by atoms with Gasteiger partial charge in [0.2, 0.25) is 12.4 Å². The number of hydrogen-bond donors (Lipinski definition) is 4. The van der Waals surface area contributed by atoms with E-state index in [-0.39, 0.29) is 5.56 Å². The summed E-state index contributed by atoms with van der Waals surface area (Å²) in [7, 11) is 0. The van der Waals surface area contributed by atoms with Gasteiger partial charge in [0, 0.05) is 21.9 Å². The monoisotopic (exact) mass is 374 g/mol. The molecule has 0 spiro atoms. The Morgan fingerprint density at radius 1 is 1.21 bits per heavy atom. The average molecular weight is 374 g/mol. The van der Waals surface area contributed by atoms with E-state index >= 15 is 0 Å². The van der Waals surface area contributed by atoms with Gasteiger partial charge in [0.05, 0.1) is 22.2 Å². The fourth-order valence-corrected chi connectivity index (χ4v) is 2.52. The number of carbonyl (C=O) groups is 1. The molecule has 7 heteroatoms. The third-order valence-corrected chi connectivity index (χ3v) is 3.81. The summed E-state index contributed by atoms with van der Waals surface area (Å²) < 4.78 is 0.811. The van der Waals surface area contributed by atoms with Crippen molar-refractivity contribution in [3.63, 3.8) is 0 Å². The van der Waals surface area contributed by atoms with E-state index in [1.165, 1.54) is 18.5 Å². The molecule has 1 aromatic carbocycles. The predicted molar refractivity (Wildman–Crippen MR) is 100 cm³/mol. The first-order valence-electron chi connectivity index (χ1n) is 8.27. The maximum atomic E-state index is 12.0. The minimum Gasteiger partial charge on any atom is -0.381 e. The number of aliphatic hydroxyl groups is 1. The van der Waals surface area contributed by atoms with Gasteiger partial charge in [-0.1, -0.05) is 24.0 Å². The molecule has 1 atom stereocenters. The van der Waals surface area contributed by atoms with Crippen LogP contribution in [-0.2, 0) is 0 Å². The van der Waals surface area contributed by atoms with Crippen LogP contribution in [0.4, 0.5) is 0 Å². The van der Waals surface area contributed by atoms with Crippen LogP contribution in [0, 0.1) is 23.7 Å². The minimum absolute atomic E-state index is 0.170. The van der Waals surface area contributed by atoms with Crippen molar-refractivity contribution >= 4 is 16.8 Å². The fourth-order valence-electron chi connectivity index (χ4n) is 2.52. The molecule has 4 N–H and O–H groups in total. The highest BCUT2D eigenvalue weighted by Gasteiger charge is 2.16. The molecule has 0 saturated carbocycles. The molecule has 0 aliphatic rings. The van der Waals surface area contributed by atoms with E-state index in [2.05, 4.69) is 28.7 Å². The zero-order chi connectivity index (χ0) is 20.1. The molecule has 2 aromatic heterocycles. The Hall–Kier alpha value is -3.91. The molecular formula is C21H16N3O4+. The lowest BCUT2D eigenvalue weighted by atomic mass is 10.0. The lowest BCUT2D eigenvalue weighted by molar-refractivity contribution is -0.904. The van der Waals surface area contributed by atoms with Crippen LogP contribution in [0.15, 0.2) is 48.8 Å². The van der Waals surface area contributed by atoms with Gasteiger partial charge < -0.3 is 5.11 Å². The molecule has 0 aliphatic heterocycles. The summed E-state index contributed by atoms with van der Waals surface area (Å²) >= 11 is 0. The largest absolute Gasteiger partial charge is 0.381 e. The van der Waals surface area contributed by atoms with E-state index in [0.717, 1.165) is 15.9 Å². The molecule has 3 rings (SSSR count). The van der Waals surface area contributed by atoms with Gasteiger partial charge in [0.1, 0.15) is 6.10 Å². The standard InChI is InChI=1S/C21H15N3O4/c1-14(25)4-2-3-5-15-6-8-16(9-7-15)20-12-17(21(26)23-27)18-13-24(28)11-10-19(18)22-20/h6-14,25H,1H3,(H2-,22,23,26,27,28)/p+1. The summed E-state index contributed by atoms with van der Waals surface area (Å²) in [6.07, 6.45) is 2.01. The zero-order valence-corrected chi connectivity index (χ0v) is 14.8. The van der Waals surface area contributed by atoms with Gasteiger partial charge in [0.25, 0.3) is 5.91 Å². The highest BCUT2D eigenvalue weighted by Crippen LogP contribution is 2.24. The minimum atomic E-state index is -0.721. The number of nitrogens with one attached hydrogen (secondary N) is 1. The SMILES string of the molecule is CC(O)C#CC#Cc1ccc(-c2cc(C(=O)NO)c3c[n+](O)ccc3n2)cc1.